The minimum atomic E-state index is -4.32. The third-order valence-corrected chi connectivity index (χ3v) is 3.85. The molecule has 2 rings (SSSR count). The molecule has 0 saturated heterocycles. The lowest BCUT2D eigenvalue weighted by Crippen LogP contribution is -2.33. The van der Waals surface area contributed by atoms with Crippen LogP contribution in [-0.2, 0) is 13.2 Å². The zero-order valence-electron chi connectivity index (χ0n) is 12.6. The van der Waals surface area contributed by atoms with Crippen LogP contribution in [0.5, 0.6) is 0 Å². The van der Waals surface area contributed by atoms with Gasteiger partial charge in [-0.25, -0.2) is 0 Å². The Bertz CT molecular complexity index is 673. The molecule has 23 heavy (non-hydrogen) atoms. The SMILES string of the molecule is Cc1cc(N(Cc2cccc(CO)c2)CC(F)(F)F)ccc1Cl. The zero-order valence-corrected chi connectivity index (χ0v) is 13.3. The normalized spacial score (nSPS) is 11.6. The van der Waals surface area contributed by atoms with E-state index in [0.29, 0.717) is 21.8 Å². The summed E-state index contributed by atoms with van der Waals surface area (Å²) in [7, 11) is 0. The smallest absolute Gasteiger partial charge is 0.392 e. The van der Waals surface area contributed by atoms with E-state index in [4.69, 9.17) is 16.7 Å². The number of hydrogen-bond acceptors (Lipinski definition) is 2. The van der Waals surface area contributed by atoms with Crippen molar-refractivity contribution in [1.29, 1.82) is 0 Å². The molecular weight excluding hydrogens is 327 g/mol. The molecular formula is C17H17ClF3NO. The third-order valence-electron chi connectivity index (χ3n) is 3.42. The first-order valence-electron chi connectivity index (χ1n) is 7.05. The van der Waals surface area contributed by atoms with Crippen molar-refractivity contribution >= 4 is 17.3 Å². The maximum atomic E-state index is 12.9. The standard InChI is InChI=1S/C17H17ClF3NO/c1-12-7-15(5-6-16(12)18)22(11-17(19,20)21)9-13-3-2-4-14(8-13)10-23/h2-8,23H,9-11H2,1H3. The number of halogens is 4. The Morgan fingerprint density at radius 3 is 2.39 bits per heavy atom. The van der Waals surface area contributed by atoms with Gasteiger partial charge in [-0.3, -0.25) is 0 Å². The Kier molecular flexibility index (Phi) is 5.55. The van der Waals surface area contributed by atoms with E-state index in [1.807, 2.05) is 0 Å². The number of rotatable bonds is 5. The Morgan fingerprint density at radius 2 is 1.78 bits per heavy atom. The average molecular weight is 344 g/mol. The van der Waals surface area contributed by atoms with E-state index in [1.165, 1.54) is 4.90 Å². The van der Waals surface area contributed by atoms with Crippen LogP contribution in [0.1, 0.15) is 16.7 Å². The van der Waals surface area contributed by atoms with Gasteiger partial charge in [0.15, 0.2) is 0 Å². The molecule has 6 heteroatoms. The van der Waals surface area contributed by atoms with Crippen molar-refractivity contribution < 1.29 is 18.3 Å². The molecule has 124 valence electrons. The summed E-state index contributed by atoms with van der Waals surface area (Å²) in [6.45, 7) is 0.642. The first-order chi connectivity index (χ1) is 10.8. The van der Waals surface area contributed by atoms with Crippen LogP contribution < -0.4 is 4.90 Å². The van der Waals surface area contributed by atoms with Crippen molar-refractivity contribution in [3.05, 3.63) is 64.2 Å². The summed E-state index contributed by atoms with van der Waals surface area (Å²) < 4.78 is 38.7. The van der Waals surface area contributed by atoms with E-state index in [9.17, 15) is 13.2 Å². The highest BCUT2D eigenvalue weighted by atomic mass is 35.5. The number of aryl methyl sites for hydroxylation is 1. The number of hydrogen-bond donors (Lipinski definition) is 1. The second kappa shape index (κ2) is 7.23. The molecule has 2 nitrogen and oxygen atoms in total. The van der Waals surface area contributed by atoms with Crippen LogP contribution in [0.25, 0.3) is 0 Å². The maximum Gasteiger partial charge on any atom is 0.405 e. The molecule has 0 atom stereocenters. The fraction of sp³-hybridized carbons (Fsp3) is 0.294. The highest BCUT2D eigenvalue weighted by molar-refractivity contribution is 6.31. The molecule has 0 aromatic heterocycles. The molecule has 0 aliphatic carbocycles. The molecule has 2 aromatic rings. The van der Waals surface area contributed by atoms with Crippen LogP contribution >= 0.6 is 11.6 Å². The quantitative estimate of drug-likeness (QED) is 0.850. The molecule has 1 N–H and O–H groups in total. The van der Waals surface area contributed by atoms with Crippen molar-refractivity contribution in [3.63, 3.8) is 0 Å². The Balaban J connectivity index is 2.31. The predicted octanol–water partition coefficient (Wildman–Crippen LogP) is 4.71. The van der Waals surface area contributed by atoms with Gasteiger partial charge in [-0.1, -0.05) is 35.9 Å². The zero-order chi connectivity index (χ0) is 17.0. The van der Waals surface area contributed by atoms with Gasteiger partial charge in [-0.05, 0) is 41.8 Å². The minimum Gasteiger partial charge on any atom is -0.392 e. The summed E-state index contributed by atoms with van der Waals surface area (Å²) in [5.74, 6) is 0. The molecule has 0 aliphatic heterocycles. The van der Waals surface area contributed by atoms with Crippen LogP contribution in [0.3, 0.4) is 0 Å². The van der Waals surface area contributed by atoms with Crippen molar-refractivity contribution in [3.8, 4) is 0 Å². The summed E-state index contributed by atoms with van der Waals surface area (Å²) in [6.07, 6.45) is -4.32. The topological polar surface area (TPSA) is 23.5 Å². The second-order valence-corrected chi connectivity index (χ2v) is 5.79. The summed E-state index contributed by atoms with van der Waals surface area (Å²) in [5.41, 5.74) is 2.55. The Hall–Kier alpha value is -1.72. The molecule has 0 saturated carbocycles. The van der Waals surface area contributed by atoms with Gasteiger partial charge in [-0.2, -0.15) is 13.2 Å². The fourth-order valence-electron chi connectivity index (χ4n) is 2.33. The molecule has 0 amide bonds. The molecule has 2 aromatic carbocycles. The van der Waals surface area contributed by atoms with E-state index in [1.54, 1.807) is 49.4 Å². The van der Waals surface area contributed by atoms with Crippen LogP contribution in [0, 0.1) is 6.92 Å². The summed E-state index contributed by atoms with van der Waals surface area (Å²) in [6, 6.07) is 11.7. The number of anilines is 1. The number of aliphatic hydroxyl groups is 1. The number of aliphatic hydroxyl groups excluding tert-OH is 1. The molecule has 0 radical (unpaired) electrons. The Labute approximate surface area is 138 Å². The number of benzene rings is 2. The molecule has 0 heterocycles. The molecule has 0 spiro atoms. The van der Waals surface area contributed by atoms with Crippen molar-refractivity contribution in [2.24, 2.45) is 0 Å². The Morgan fingerprint density at radius 1 is 1.09 bits per heavy atom. The highest BCUT2D eigenvalue weighted by Gasteiger charge is 2.31. The second-order valence-electron chi connectivity index (χ2n) is 5.38. The summed E-state index contributed by atoms with van der Waals surface area (Å²) in [4.78, 5) is 1.25. The van der Waals surface area contributed by atoms with Crippen LogP contribution in [0.4, 0.5) is 18.9 Å². The summed E-state index contributed by atoms with van der Waals surface area (Å²) in [5, 5.41) is 9.67. The largest absolute Gasteiger partial charge is 0.405 e. The first kappa shape index (κ1) is 17.6. The van der Waals surface area contributed by atoms with E-state index < -0.39 is 12.7 Å². The third kappa shape index (κ3) is 5.15. The van der Waals surface area contributed by atoms with Gasteiger partial charge in [0.2, 0.25) is 0 Å². The monoisotopic (exact) mass is 343 g/mol. The van der Waals surface area contributed by atoms with Crippen LogP contribution in [0.2, 0.25) is 5.02 Å². The van der Waals surface area contributed by atoms with Crippen molar-refractivity contribution in [2.45, 2.75) is 26.3 Å². The lowest BCUT2D eigenvalue weighted by Gasteiger charge is -2.27. The summed E-state index contributed by atoms with van der Waals surface area (Å²) >= 11 is 5.95. The van der Waals surface area contributed by atoms with Crippen LogP contribution in [-0.4, -0.2) is 17.8 Å². The lowest BCUT2D eigenvalue weighted by molar-refractivity contribution is -0.119. The van der Waals surface area contributed by atoms with E-state index in [0.717, 1.165) is 5.56 Å². The van der Waals surface area contributed by atoms with E-state index in [2.05, 4.69) is 0 Å². The van der Waals surface area contributed by atoms with Gasteiger partial charge < -0.3 is 10.0 Å². The number of nitrogens with zero attached hydrogens (tertiary/aromatic N) is 1. The van der Waals surface area contributed by atoms with E-state index >= 15 is 0 Å². The lowest BCUT2D eigenvalue weighted by atomic mass is 10.1. The van der Waals surface area contributed by atoms with Crippen LogP contribution in [0.15, 0.2) is 42.5 Å². The minimum absolute atomic E-state index is 0.0917. The van der Waals surface area contributed by atoms with Gasteiger partial charge in [0.05, 0.1) is 6.61 Å². The first-order valence-corrected chi connectivity index (χ1v) is 7.43. The van der Waals surface area contributed by atoms with Gasteiger partial charge in [0, 0.05) is 17.3 Å². The highest BCUT2D eigenvalue weighted by Crippen LogP contribution is 2.27. The molecule has 0 unspecified atom stereocenters. The predicted molar refractivity (Wildman–Crippen MR) is 85.7 cm³/mol. The van der Waals surface area contributed by atoms with Gasteiger partial charge >= 0.3 is 6.18 Å². The van der Waals surface area contributed by atoms with E-state index in [-0.39, 0.29) is 13.2 Å². The molecule has 0 fully saturated rings. The fourth-order valence-corrected chi connectivity index (χ4v) is 2.44. The molecule has 0 aliphatic rings. The average Bonchev–Trinajstić information content (AvgIpc) is 2.48. The van der Waals surface area contributed by atoms with Crippen molar-refractivity contribution in [2.75, 3.05) is 11.4 Å². The van der Waals surface area contributed by atoms with Gasteiger partial charge in [0.25, 0.3) is 0 Å². The number of alkyl halides is 3. The maximum absolute atomic E-state index is 12.9. The van der Waals surface area contributed by atoms with Crippen molar-refractivity contribution in [1.82, 2.24) is 0 Å². The van der Waals surface area contributed by atoms with Gasteiger partial charge in [-0.15, -0.1) is 0 Å². The molecule has 0 bridgehead atoms. The van der Waals surface area contributed by atoms with Gasteiger partial charge in [0.1, 0.15) is 6.54 Å².